The van der Waals surface area contributed by atoms with Crippen LogP contribution >= 0.6 is 0 Å². The predicted octanol–water partition coefficient (Wildman–Crippen LogP) is 4.72. The third-order valence-electron chi connectivity index (χ3n) is 5.19. The van der Waals surface area contributed by atoms with Crippen molar-refractivity contribution in [3.05, 3.63) is 93.5 Å². The van der Waals surface area contributed by atoms with Crippen LogP contribution in [0.3, 0.4) is 0 Å². The van der Waals surface area contributed by atoms with Crippen LogP contribution in [0.5, 0.6) is 6.01 Å². The number of nitro groups is 1. The van der Waals surface area contributed by atoms with E-state index in [0.717, 1.165) is 16.8 Å². The van der Waals surface area contributed by atoms with E-state index in [1.807, 2.05) is 31.2 Å². The van der Waals surface area contributed by atoms with E-state index in [2.05, 4.69) is 15.4 Å². The van der Waals surface area contributed by atoms with Crippen LogP contribution in [-0.4, -0.2) is 32.7 Å². The van der Waals surface area contributed by atoms with E-state index < -0.39 is 10.8 Å². The number of methoxy groups -OCH3 is 1. The highest BCUT2D eigenvalue weighted by Gasteiger charge is 2.17. The summed E-state index contributed by atoms with van der Waals surface area (Å²) in [6.45, 7) is 3.62. The maximum Gasteiger partial charge on any atom is 0.336 e. The van der Waals surface area contributed by atoms with E-state index in [0.29, 0.717) is 17.1 Å². The second kappa shape index (κ2) is 8.91. The summed E-state index contributed by atoms with van der Waals surface area (Å²) >= 11 is 0. The number of aryl methyl sites for hydroxylation is 2. The number of nitro benzene ring substituents is 1. The largest absolute Gasteiger partial charge is 0.466 e. The normalized spacial score (nSPS) is 10.6. The molecule has 0 aliphatic rings. The van der Waals surface area contributed by atoms with Crippen LogP contribution in [0.4, 0.5) is 11.4 Å². The highest BCUT2D eigenvalue weighted by molar-refractivity contribution is 6.04. The van der Waals surface area contributed by atoms with Crippen LogP contribution in [0.1, 0.15) is 21.5 Å². The summed E-state index contributed by atoms with van der Waals surface area (Å²) in [5.41, 5.74) is 3.84. The van der Waals surface area contributed by atoms with Crippen molar-refractivity contribution in [3.63, 3.8) is 0 Å². The molecule has 1 aromatic heterocycles. The van der Waals surface area contributed by atoms with Gasteiger partial charge in [-0.2, -0.15) is 4.98 Å². The van der Waals surface area contributed by atoms with Crippen molar-refractivity contribution >= 4 is 17.3 Å². The lowest BCUT2D eigenvalue weighted by molar-refractivity contribution is -0.385. The van der Waals surface area contributed by atoms with Gasteiger partial charge < -0.3 is 10.1 Å². The molecule has 0 saturated carbocycles. The molecule has 1 heterocycles. The molecule has 166 valence electrons. The number of nitrogens with one attached hydrogen (secondary N) is 1. The van der Waals surface area contributed by atoms with Crippen molar-refractivity contribution < 1.29 is 14.5 Å². The molecule has 9 nitrogen and oxygen atoms in total. The Morgan fingerprint density at radius 3 is 2.42 bits per heavy atom. The molecule has 0 atom stereocenters. The molecule has 0 aliphatic heterocycles. The van der Waals surface area contributed by atoms with Crippen molar-refractivity contribution in [2.45, 2.75) is 13.8 Å². The van der Waals surface area contributed by atoms with Crippen LogP contribution in [-0.2, 0) is 0 Å². The Balaban J connectivity index is 1.60. The Bertz CT molecular complexity index is 1350. The zero-order chi connectivity index (χ0) is 23.5. The van der Waals surface area contributed by atoms with Crippen LogP contribution in [0.2, 0.25) is 0 Å². The lowest BCUT2D eigenvalue weighted by atomic mass is 10.1. The lowest BCUT2D eigenvalue weighted by Gasteiger charge is -2.10. The van der Waals surface area contributed by atoms with Gasteiger partial charge in [0.15, 0.2) is 5.82 Å². The molecule has 33 heavy (non-hydrogen) atoms. The van der Waals surface area contributed by atoms with Gasteiger partial charge in [0.2, 0.25) is 0 Å². The quantitative estimate of drug-likeness (QED) is 0.341. The molecule has 1 amide bonds. The number of amides is 1. The van der Waals surface area contributed by atoms with Gasteiger partial charge in [-0.15, -0.1) is 5.10 Å². The first-order valence-corrected chi connectivity index (χ1v) is 10.1. The Morgan fingerprint density at radius 2 is 1.76 bits per heavy atom. The predicted molar refractivity (Wildman–Crippen MR) is 124 cm³/mol. The number of hydrogen-bond acceptors (Lipinski definition) is 6. The second-order valence-corrected chi connectivity index (χ2v) is 7.41. The number of anilines is 1. The van der Waals surface area contributed by atoms with E-state index >= 15 is 0 Å². The van der Waals surface area contributed by atoms with E-state index in [1.165, 1.54) is 13.2 Å². The lowest BCUT2D eigenvalue weighted by Crippen LogP contribution is -2.12. The van der Waals surface area contributed by atoms with E-state index in [-0.39, 0.29) is 17.3 Å². The van der Waals surface area contributed by atoms with Crippen molar-refractivity contribution in [3.8, 4) is 23.1 Å². The van der Waals surface area contributed by atoms with Gasteiger partial charge in [0.1, 0.15) is 0 Å². The maximum absolute atomic E-state index is 12.6. The fraction of sp³-hybridized carbons (Fsp3) is 0.125. The van der Waals surface area contributed by atoms with Crippen LogP contribution in [0.15, 0.2) is 66.7 Å². The number of nitrogens with zero attached hydrogens (tertiary/aromatic N) is 4. The minimum atomic E-state index is -0.501. The smallest absolute Gasteiger partial charge is 0.336 e. The van der Waals surface area contributed by atoms with Gasteiger partial charge in [-0.1, -0.05) is 30.3 Å². The first-order chi connectivity index (χ1) is 15.9. The molecule has 0 spiro atoms. The maximum atomic E-state index is 12.6. The second-order valence-electron chi connectivity index (χ2n) is 7.41. The number of carbonyl (C=O) groups excluding carboxylic acids is 1. The van der Waals surface area contributed by atoms with Crippen molar-refractivity contribution in [2.24, 2.45) is 0 Å². The van der Waals surface area contributed by atoms with Gasteiger partial charge in [0, 0.05) is 28.4 Å². The average Bonchev–Trinajstić information content (AvgIpc) is 3.24. The summed E-state index contributed by atoms with van der Waals surface area (Å²) in [5, 5.41) is 18.3. The number of benzene rings is 3. The molecule has 9 heteroatoms. The van der Waals surface area contributed by atoms with Gasteiger partial charge in [-0.05, 0) is 49.7 Å². The Morgan fingerprint density at radius 1 is 1.03 bits per heavy atom. The molecule has 4 rings (SSSR count). The molecule has 0 unspecified atom stereocenters. The standard InChI is InChI=1S/C24H21N5O4/c1-15-6-4-5-7-20(15)22-26-24(33-3)27-28(22)19-12-10-18(11-13-19)25-23(30)17-9-8-16(2)21(14-17)29(31)32/h4-14H,1-3H3,(H,25,30). The van der Waals surface area contributed by atoms with Crippen molar-refractivity contribution in [1.82, 2.24) is 14.8 Å². The monoisotopic (exact) mass is 443 g/mol. The third-order valence-corrected chi connectivity index (χ3v) is 5.19. The van der Waals surface area contributed by atoms with Gasteiger partial charge >= 0.3 is 6.01 Å². The number of carbonyl (C=O) groups is 1. The highest BCUT2D eigenvalue weighted by atomic mass is 16.6. The summed E-state index contributed by atoms with van der Waals surface area (Å²) in [7, 11) is 1.51. The Labute approximate surface area is 189 Å². The first kappa shape index (κ1) is 21.7. The molecule has 3 aromatic carbocycles. The van der Waals surface area contributed by atoms with E-state index in [4.69, 9.17) is 4.74 Å². The zero-order valence-electron chi connectivity index (χ0n) is 18.3. The molecule has 0 fully saturated rings. The summed E-state index contributed by atoms with van der Waals surface area (Å²) in [6.07, 6.45) is 0. The van der Waals surface area contributed by atoms with Gasteiger partial charge in [0.05, 0.1) is 17.7 Å². The molecule has 0 aliphatic carbocycles. The van der Waals surface area contributed by atoms with Gasteiger partial charge in [0.25, 0.3) is 11.6 Å². The van der Waals surface area contributed by atoms with E-state index in [9.17, 15) is 14.9 Å². The molecule has 4 aromatic rings. The van der Waals surface area contributed by atoms with Crippen molar-refractivity contribution in [2.75, 3.05) is 12.4 Å². The minimum Gasteiger partial charge on any atom is -0.466 e. The summed E-state index contributed by atoms with van der Waals surface area (Å²) in [5.74, 6) is 0.197. The number of ether oxygens (including phenoxy) is 1. The van der Waals surface area contributed by atoms with E-state index in [1.54, 1.807) is 48.0 Å². The van der Waals surface area contributed by atoms with Crippen LogP contribution < -0.4 is 10.1 Å². The third kappa shape index (κ3) is 4.42. The fourth-order valence-electron chi connectivity index (χ4n) is 3.39. The fourth-order valence-corrected chi connectivity index (χ4v) is 3.39. The highest BCUT2D eigenvalue weighted by Crippen LogP contribution is 2.27. The SMILES string of the molecule is COc1nc(-c2ccccc2C)n(-c2ccc(NC(=O)c3ccc(C)c([N+](=O)[O-])c3)cc2)n1. The zero-order valence-corrected chi connectivity index (χ0v) is 18.3. The summed E-state index contributed by atoms with van der Waals surface area (Å²) in [6, 6.07) is 19.5. The summed E-state index contributed by atoms with van der Waals surface area (Å²) < 4.78 is 6.91. The first-order valence-electron chi connectivity index (χ1n) is 10.1. The Hall–Kier alpha value is -4.53. The van der Waals surface area contributed by atoms with Crippen LogP contribution in [0, 0.1) is 24.0 Å². The molecule has 1 N–H and O–H groups in total. The van der Waals surface area contributed by atoms with Gasteiger partial charge in [-0.25, -0.2) is 4.68 Å². The molecule has 0 saturated heterocycles. The molecular formula is C24H21N5O4. The number of rotatable bonds is 6. The molecular weight excluding hydrogens is 422 g/mol. The topological polar surface area (TPSA) is 112 Å². The van der Waals surface area contributed by atoms with Gasteiger partial charge in [-0.3, -0.25) is 14.9 Å². The molecule has 0 bridgehead atoms. The van der Waals surface area contributed by atoms with Crippen molar-refractivity contribution in [1.29, 1.82) is 0 Å². The average molecular weight is 443 g/mol. The minimum absolute atomic E-state index is 0.0955. The number of hydrogen-bond donors (Lipinski definition) is 1. The van der Waals surface area contributed by atoms with Crippen LogP contribution in [0.25, 0.3) is 17.1 Å². The molecule has 0 radical (unpaired) electrons. The number of aromatic nitrogens is 3. The summed E-state index contributed by atoms with van der Waals surface area (Å²) in [4.78, 5) is 27.7. The Kier molecular flexibility index (Phi) is 5.86.